The van der Waals surface area contributed by atoms with E-state index in [0.29, 0.717) is 17.4 Å². The zero-order chi connectivity index (χ0) is 15.6. The van der Waals surface area contributed by atoms with Crippen LogP contribution >= 0.6 is 0 Å². The van der Waals surface area contributed by atoms with Gasteiger partial charge in [0.25, 0.3) is 0 Å². The molecule has 0 saturated carbocycles. The lowest BCUT2D eigenvalue weighted by molar-refractivity contribution is -0.141. The Hall–Kier alpha value is -2.57. The number of hydrogen-bond donors (Lipinski definition) is 1. The van der Waals surface area contributed by atoms with E-state index in [9.17, 15) is 18.0 Å². The van der Waals surface area contributed by atoms with Crippen LogP contribution < -0.4 is 4.74 Å². The summed E-state index contributed by atoms with van der Waals surface area (Å²) in [6.45, 7) is 0. The van der Waals surface area contributed by atoms with E-state index in [2.05, 4.69) is 4.98 Å². The van der Waals surface area contributed by atoms with Gasteiger partial charge in [0.2, 0.25) is 0 Å². The number of methoxy groups -OCH3 is 1. The highest BCUT2D eigenvalue weighted by atomic mass is 19.4. The van der Waals surface area contributed by atoms with Crippen LogP contribution in [-0.2, 0) is 6.18 Å². The first kappa shape index (κ1) is 14.8. The number of aromatic nitrogens is 1. The van der Waals surface area contributed by atoms with E-state index in [0.717, 1.165) is 6.20 Å². The molecule has 0 radical (unpaired) electrons. The van der Waals surface area contributed by atoms with Crippen LogP contribution in [-0.4, -0.2) is 23.2 Å². The third kappa shape index (κ3) is 2.96. The Labute approximate surface area is 117 Å². The summed E-state index contributed by atoms with van der Waals surface area (Å²) >= 11 is 0. The molecule has 7 heteroatoms. The zero-order valence-corrected chi connectivity index (χ0v) is 10.8. The molecular formula is C14H10F3NO3. The highest BCUT2D eigenvalue weighted by Gasteiger charge is 2.34. The molecule has 0 amide bonds. The van der Waals surface area contributed by atoms with Crippen molar-refractivity contribution in [3.8, 4) is 16.9 Å². The molecule has 2 aromatic rings. The molecule has 2 rings (SSSR count). The molecule has 0 bridgehead atoms. The number of rotatable bonds is 3. The van der Waals surface area contributed by atoms with E-state index in [1.807, 2.05) is 0 Å². The van der Waals surface area contributed by atoms with Gasteiger partial charge in [-0.15, -0.1) is 0 Å². The normalized spacial score (nSPS) is 11.2. The fourth-order valence-electron chi connectivity index (χ4n) is 1.87. The van der Waals surface area contributed by atoms with Crippen LogP contribution in [0.25, 0.3) is 11.1 Å². The second-order valence-corrected chi connectivity index (χ2v) is 4.12. The number of pyridine rings is 1. The van der Waals surface area contributed by atoms with Crippen molar-refractivity contribution in [1.82, 2.24) is 4.98 Å². The lowest BCUT2D eigenvalue weighted by Crippen LogP contribution is -2.11. The van der Waals surface area contributed by atoms with E-state index in [1.165, 1.54) is 7.11 Å². The predicted octanol–water partition coefficient (Wildman–Crippen LogP) is 3.47. The molecule has 0 spiro atoms. The minimum Gasteiger partial charge on any atom is -0.496 e. The monoisotopic (exact) mass is 297 g/mol. The third-order valence-electron chi connectivity index (χ3n) is 2.82. The fraction of sp³-hybridized carbons (Fsp3) is 0.143. The fourth-order valence-corrected chi connectivity index (χ4v) is 1.87. The number of carboxylic acids is 1. The van der Waals surface area contributed by atoms with Gasteiger partial charge >= 0.3 is 12.1 Å². The van der Waals surface area contributed by atoms with E-state index < -0.39 is 23.4 Å². The molecule has 110 valence electrons. The number of aromatic carboxylic acids is 1. The van der Waals surface area contributed by atoms with Crippen molar-refractivity contribution in [1.29, 1.82) is 0 Å². The van der Waals surface area contributed by atoms with Crippen molar-refractivity contribution in [2.45, 2.75) is 6.18 Å². The molecule has 1 aromatic heterocycles. The average Bonchev–Trinajstić information content (AvgIpc) is 2.45. The standard InChI is InChI=1S/C14H10F3NO3/c1-21-11-5-3-2-4-8(11)10-7-18-12(14(15,16)17)6-9(10)13(19)20/h2-7H,1H3,(H,19,20). The number of carboxylic acid groups (broad SMARTS) is 1. The van der Waals surface area contributed by atoms with Gasteiger partial charge < -0.3 is 9.84 Å². The maximum absolute atomic E-state index is 12.6. The molecule has 0 atom stereocenters. The summed E-state index contributed by atoms with van der Waals surface area (Å²) in [5.74, 6) is -1.12. The van der Waals surface area contributed by atoms with Crippen LogP contribution in [0, 0.1) is 0 Å². The van der Waals surface area contributed by atoms with Crippen molar-refractivity contribution in [3.63, 3.8) is 0 Å². The van der Waals surface area contributed by atoms with Gasteiger partial charge in [-0.05, 0) is 12.1 Å². The van der Waals surface area contributed by atoms with E-state index >= 15 is 0 Å². The maximum Gasteiger partial charge on any atom is 0.433 e. The molecule has 0 fully saturated rings. The molecule has 1 aromatic carbocycles. The smallest absolute Gasteiger partial charge is 0.433 e. The van der Waals surface area contributed by atoms with Crippen LogP contribution in [0.3, 0.4) is 0 Å². The molecule has 1 N–H and O–H groups in total. The van der Waals surface area contributed by atoms with Crippen LogP contribution in [0.15, 0.2) is 36.5 Å². The SMILES string of the molecule is COc1ccccc1-c1cnc(C(F)(F)F)cc1C(=O)O. The molecule has 0 unspecified atom stereocenters. The maximum atomic E-state index is 12.6. The highest BCUT2D eigenvalue weighted by molar-refractivity contribution is 5.96. The zero-order valence-electron chi connectivity index (χ0n) is 10.8. The summed E-state index contributed by atoms with van der Waals surface area (Å²) in [4.78, 5) is 14.5. The molecule has 4 nitrogen and oxygen atoms in total. The largest absolute Gasteiger partial charge is 0.496 e. The van der Waals surface area contributed by atoms with E-state index in [-0.39, 0.29) is 5.56 Å². The summed E-state index contributed by atoms with van der Waals surface area (Å²) in [6.07, 6.45) is -3.81. The van der Waals surface area contributed by atoms with Gasteiger partial charge in [-0.2, -0.15) is 13.2 Å². The van der Waals surface area contributed by atoms with Gasteiger partial charge in [0.1, 0.15) is 11.4 Å². The van der Waals surface area contributed by atoms with Crippen molar-refractivity contribution in [2.24, 2.45) is 0 Å². The first-order valence-electron chi connectivity index (χ1n) is 5.78. The summed E-state index contributed by atoms with van der Waals surface area (Å²) in [7, 11) is 1.39. The minimum absolute atomic E-state index is 0.0629. The topological polar surface area (TPSA) is 59.4 Å². The Bertz CT molecular complexity index is 683. The van der Waals surface area contributed by atoms with Crippen molar-refractivity contribution in [3.05, 3.63) is 47.8 Å². The Kier molecular flexibility index (Phi) is 3.84. The van der Waals surface area contributed by atoms with Crippen LogP contribution in [0.5, 0.6) is 5.75 Å². The number of halogens is 3. The summed E-state index contributed by atoms with van der Waals surface area (Å²) < 4.78 is 43.0. The Balaban J connectivity index is 2.67. The Morgan fingerprint density at radius 3 is 2.48 bits per heavy atom. The van der Waals surface area contributed by atoms with Gasteiger partial charge in [-0.25, -0.2) is 4.79 Å². The number of para-hydroxylation sites is 1. The van der Waals surface area contributed by atoms with Gasteiger partial charge in [-0.3, -0.25) is 4.98 Å². The first-order valence-corrected chi connectivity index (χ1v) is 5.78. The number of benzene rings is 1. The van der Waals surface area contributed by atoms with E-state index in [1.54, 1.807) is 24.3 Å². The first-order chi connectivity index (χ1) is 9.84. The number of hydrogen-bond acceptors (Lipinski definition) is 3. The molecular weight excluding hydrogens is 287 g/mol. The van der Waals surface area contributed by atoms with Gasteiger partial charge in [-0.1, -0.05) is 18.2 Å². The molecule has 0 aliphatic carbocycles. The second-order valence-electron chi connectivity index (χ2n) is 4.12. The second kappa shape index (κ2) is 5.43. The molecule has 0 aliphatic rings. The minimum atomic E-state index is -4.70. The van der Waals surface area contributed by atoms with Gasteiger partial charge in [0.15, 0.2) is 0 Å². The number of nitrogens with zero attached hydrogens (tertiary/aromatic N) is 1. The quantitative estimate of drug-likeness (QED) is 0.942. The summed E-state index contributed by atoms with van der Waals surface area (Å²) in [5.41, 5.74) is -1.31. The molecule has 1 heterocycles. The van der Waals surface area contributed by atoms with Crippen molar-refractivity contribution >= 4 is 5.97 Å². The van der Waals surface area contributed by atoms with Crippen molar-refractivity contribution in [2.75, 3.05) is 7.11 Å². The van der Waals surface area contributed by atoms with Crippen LogP contribution in [0.1, 0.15) is 16.1 Å². The lowest BCUT2D eigenvalue weighted by Gasteiger charge is -2.12. The summed E-state index contributed by atoms with van der Waals surface area (Å²) in [6, 6.07) is 6.94. The molecule has 0 aliphatic heterocycles. The Morgan fingerprint density at radius 1 is 1.24 bits per heavy atom. The predicted molar refractivity (Wildman–Crippen MR) is 68.2 cm³/mol. The highest BCUT2D eigenvalue weighted by Crippen LogP contribution is 2.35. The van der Waals surface area contributed by atoms with Crippen molar-refractivity contribution < 1.29 is 27.8 Å². The van der Waals surface area contributed by atoms with Gasteiger partial charge in [0, 0.05) is 17.3 Å². The summed E-state index contributed by atoms with van der Waals surface area (Å²) in [5, 5.41) is 9.14. The molecule has 21 heavy (non-hydrogen) atoms. The number of ether oxygens (including phenoxy) is 1. The number of alkyl halides is 3. The lowest BCUT2D eigenvalue weighted by atomic mass is 10.00. The van der Waals surface area contributed by atoms with Gasteiger partial charge in [0.05, 0.1) is 12.7 Å². The van der Waals surface area contributed by atoms with E-state index in [4.69, 9.17) is 9.84 Å². The third-order valence-corrected chi connectivity index (χ3v) is 2.82. The van der Waals surface area contributed by atoms with Crippen LogP contribution in [0.2, 0.25) is 0 Å². The average molecular weight is 297 g/mol. The Morgan fingerprint density at radius 2 is 1.90 bits per heavy atom. The van der Waals surface area contributed by atoms with Crippen LogP contribution in [0.4, 0.5) is 13.2 Å². The molecule has 0 saturated heterocycles. The number of carbonyl (C=O) groups is 1.